The second-order valence-electron chi connectivity index (χ2n) is 6.51. The van der Waals surface area contributed by atoms with Crippen LogP contribution in [0.5, 0.6) is 0 Å². The Hall–Kier alpha value is -2.41. The van der Waals surface area contributed by atoms with Gasteiger partial charge in [-0.3, -0.25) is 9.69 Å². The number of nitrogens with zero attached hydrogens (tertiary/aromatic N) is 2. The first-order valence-electron chi connectivity index (χ1n) is 8.31. The molecule has 0 aromatic heterocycles. The largest absolute Gasteiger partial charge is 0.390 e. The Morgan fingerprint density at radius 2 is 1.96 bits per heavy atom. The van der Waals surface area contributed by atoms with Gasteiger partial charge in [0.15, 0.2) is 6.10 Å². The summed E-state index contributed by atoms with van der Waals surface area (Å²) < 4.78 is 0. The number of urea groups is 1. The molecule has 3 heterocycles. The fourth-order valence-electron chi connectivity index (χ4n) is 3.57. The molecule has 1 atom stereocenters. The molecular weight excluding hydrogens is 308 g/mol. The van der Waals surface area contributed by atoms with E-state index >= 15 is 0 Å². The zero-order chi connectivity index (χ0) is 16.6. The van der Waals surface area contributed by atoms with Crippen LogP contribution in [0.1, 0.15) is 24.8 Å². The van der Waals surface area contributed by atoms with E-state index in [1.807, 2.05) is 30.3 Å². The minimum Gasteiger partial charge on any atom is -0.390 e. The van der Waals surface area contributed by atoms with Crippen molar-refractivity contribution in [2.75, 3.05) is 19.6 Å². The van der Waals surface area contributed by atoms with Crippen LogP contribution in [-0.4, -0.2) is 53.8 Å². The highest BCUT2D eigenvalue weighted by atomic mass is 16.6. The predicted octanol–water partition coefficient (Wildman–Crippen LogP) is 0.854. The minimum atomic E-state index is -0.732. The predicted molar refractivity (Wildman–Crippen MR) is 87.5 cm³/mol. The molecule has 1 aromatic carbocycles. The molecule has 3 amide bonds. The molecule has 0 aliphatic carbocycles. The van der Waals surface area contributed by atoms with Crippen molar-refractivity contribution in [2.45, 2.75) is 30.9 Å². The Labute approximate surface area is 140 Å². The fourth-order valence-corrected chi connectivity index (χ4v) is 3.57. The van der Waals surface area contributed by atoms with Gasteiger partial charge in [0.1, 0.15) is 5.54 Å². The maximum absolute atomic E-state index is 12.8. The molecule has 2 N–H and O–H groups in total. The van der Waals surface area contributed by atoms with Gasteiger partial charge in [0, 0.05) is 6.42 Å². The Morgan fingerprint density at radius 1 is 1.21 bits per heavy atom. The molecule has 7 heteroatoms. The SMILES string of the molecule is O=C1NC2(CCNCC2)C(=O)N1C[C@@H]1CC(c2ccccc2)=NO1. The summed E-state index contributed by atoms with van der Waals surface area (Å²) in [5.74, 6) is -0.134. The molecular formula is C17H20N4O3. The highest BCUT2D eigenvalue weighted by molar-refractivity contribution is 6.07. The van der Waals surface area contributed by atoms with Crippen molar-refractivity contribution in [3.8, 4) is 0 Å². The monoisotopic (exact) mass is 328 g/mol. The van der Waals surface area contributed by atoms with Crippen LogP contribution >= 0.6 is 0 Å². The lowest BCUT2D eigenvalue weighted by Crippen LogP contribution is -2.54. The number of carbonyl (C=O) groups is 2. The molecule has 126 valence electrons. The van der Waals surface area contributed by atoms with Crippen LogP contribution in [0, 0.1) is 0 Å². The van der Waals surface area contributed by atoms with E-state index in [0.29, 0.717) is 19.3 Å². The molecule has 4 rings (SSSR count). The molecule has 1 aromatic rings. The van der Waals surface area contributed by atoms with Gasteiger partial charge in [0.05, 0.1) is 12.3 Å². The highest BCUT2D eigenvalue weighted by Crippen LogP contribution is 2.28. The van der Waals surface area contributed by atoms with Crippen molar-refractivity contribution >= 4 is 17.6 Å². The van der Waals surface area contributed by atoms with Crippen molar-refractivity contribution in [3.63, 3.8) is 0 Å². The Kier molecular flexibility index (Phi) is 3.72. The summed E-state index contributed by atoms with van der Waals surface area (Å²) in [4.78, 5) is 31.8. The lowest BCUT2D eigenvalue weighted by Gasteiger charge is -2.31. The summed E-state index contributed by atoms with van der Waals surface area (Å²) in [6, 6.07) is 9.47. The summed E-state index contributed by atoms with van der Waals surface area (Å²) in [5.41, 5.74) is 1.13. The van der Waals surface area contributed by atoms with Gasteiger partial charge in [-0.25, -0.2) is 4.79 Å². The van der Waals surface area contributed by atoms with Crippen LogP contribution in [0.4, 0.5) is 4.79 Å². The summed E-state index contributed by atoms with van der Waals surface area (Å²) in [7, 11) is 0. The number of piperidine rings is 1. The molecule has 1 spiro atoms. The van der Waals surface area contributed by atoms with Crippen molar-refractivity contribution in [1.29, 1.82) is 0 Å². The van der Waals surface area contributed by atoms with E-state index in [4.69, 9.17) is 4.84 Å². The molecule has 2 fully saturated rings. The van der Waals surface area contributed by atoms with Gasteiger partial charge >= 0.3 is 6.03 Å². The lowest BCUT2D eigenvalue weighted by atomic mass is 9.88. The Balaban J connectivity index is 1.42. The molecule has 0 unspecified atom stereocenters. The molecule has 7 nitrogen and oxygen atoms in total. The topological polar surface area (TPSA) is 83.0 Å². The van der Waals surface area contributed by atoms with Crippen molar-refractivity contribution in [3.05, 3.63) is 35.9 Å². The average Bonchev–Trinajstić information content (AvgIpc) is 3.16. The van der Waals surface area contributed by atoms with E-state index in [9.17, 15) is 9.59 Å². The zero-order valence-electron chi connectivity index (χ0n) is 13.3. The smallest absolute Gasteiger partial charge is 0.325 e. The van der Waals surface area contributed by atoms with Crippen molar-refractivity contribution < 1.29 is 14.4 Å². The van der Waals surface area contributed by atoms with E-state index < -0.39 is 5.54 Å². The van der Waals surface area contributed by atoms with Crippen LogP contribution in [0.2, 0.25) is 0 Å². The maximum Gasteiger partial charge on any atom is 0.325 e. The summed E-state index contributed by atoms with van der Waals surface area (Å²) >= 11 is 0. The third kappa shape index (κ3) is 2.54. The number of oxime groups is 1. The maximum atomic E-state index is 12.8. The minimum absolute atomic E-state index is 0.134. The molecule has 24 heavy (non-hydrogen) atoms. The number of hydrogen-bond donors (Lipinski definition) is 2. The summed E-state index contributed by atoms with van der Waals surface area (Å²) in [6.07, 6.45) is 1.57. The van der Waals surface area contributed by atoms with Crippen molar-refractivity contribution in [1.82, 2.24) is 15.5 Å². The number of rotatable bonds is 3. The normalized spacial score (nSPS) is 25.6. The first kappa shape index (κ1) is 15.1. The number of amides is 3. The standard InChI is InChI=1S/C17H20N4O3/c22-15-17(6-8-18-9-7-17)19-16(23)21(15)11-13-10-14(20-24-13)12-4-2-1-3-5-12/h1-5,13,18H,6-11H2,(H,19,23)/t13-/m0/s1. The van der Waals surface area contributed by atoms with Crippen LogP contribution < -0.4 is 10.6 Å². The number of imide groups is 1. The van der Waals surface area contributed by atoms with E-state index in [1.165, 1.54) is 4.90 Å². The Bertz CT molecular complexity index is 682. The molecule has 0 radical (unpaired) electrons. The van der Waals surface area contributed by atoms with Gasteiger partial charge in [-0.2, -0.15) is 0 Å². The summed E-state index contributed by atoms with van der Waals surface area (Å²) in [6.45, 7) is 1.71. The molecule has 0 bridgehead atoms. The van der Waals surface area contributed by atoms with E-state index in [2.05, 4.69) is 15.8 Å². The number of benzene rings is 1. The van der Waals surface area contributed by atoms with Gasteiger partial charge in [0.2, 0.25) is 0 Å². The summed E-state index contributed by atoms with van der Waals surface area (Å²) in [5, 5.41) is 10.2. The van der Waals surface area contributed by atoms with Gasteiger partial charge in [0.25, 0.3) is 5.91 Å². The fraction of sp³-hybridized carbons (Fsp3) is 0.471. The number of hydrogen-bond acceptors (Lipinski definition) is 5. The molecule has 3 aliphatic rings. The molecule has 0 saturated carbocycles. The van der Waals surface area contributed by atoms with Gasteiger partial charge < -0.3 is 15.5 Å². The number of carbonyl (C=O) groups excluding carboxylic acids is 2. The van der Waals surface area contributed by atoms with Crippen LogP contribution in [0.25, 0.3) is 0 Å². The van der Waals surface area contributed by atoms with E-state index in [0.717, 1.165) is 24.4 Å². The van der Waals surface area contributed by atoms with Gasteiger partial charge in [-0.15, -0.1) is 0 Å². The van der Waals surface area contributed by atoms with Crippen LogP contribution in [-0.2, 0) is 9.63 Å². The van der Waals surface area contributed by atoms with Gasteiger partial charge in [-0.1, -0.05) is 35.5 Å². The zero-order valence-corrected chi connectivity index (χ0v) is 13.3. The van der Waals surface area contributed by atoms with Crippen LogP contribution in [0.15, 0.2) is 35.5 Å². The number of nitrogens with one attached hydrogen (secondary N) is 2. The quantitative estimate of drug-likeness (QED) is 0.806. The lowest BCUT2D eigenvalue weighted by molar-refractivity contribution is -0.133. The second kappa shape index (κ2) is 5.90. The van der Waals surface area contributed by atoms with E-state index in [-0.39, 0.29) is 24.6 Å². The van der Waals surface area contributed by atoms with Gasteiger partial charge in [-0.05, 0) is 31.5 Å². The van der Waals surface area contributed by atoms with Crippen molar-refractivity contribution in [2.24, 2.45) is 5.16 Å². The first-order valence-corrected chi connectivity index (χ1v) is 8.31. The van der Waals surface area contributed by atoms with E-state index in [1.54, 1.807) is 0 Å². The highest BCUT2D eigenvalue weighted by Gasteiger charge is 2.52. The second-order valence-corrected chi connectivity index (χ2v) is 6.51. The molecule has 2 saturated heterocycles. The third-order valence-electron chi connectivity index (χ3n) is 4.93. The third-order valence-corrected chi connectivity index (χ3v) is 4.93. The molecule has 3 aliphatic heterocycles. The average molecular weight is 328 g/mol. The Morgan fingerprint density at radius 3 is 2.71 bits per heavy atom. The first-order chi connectivity index (χ1) is 11.7. The van der Waals surface area contributed by atoms with Crippen LogP contribution in [0.3, 0.4) is 0 Å².